The van der Waals surface area contributed by atoms with E-state index in [1.54, 1.807) is 11.3 Å². The van der Waals surface area contributed by atoms with E-state index < -0.39 is 0 Å². The lowest BCUT2D eigenvalue weighted by Crippen LogP contribution is -2.19. The van der Waals surface area contributed by atoms with Crippen LogP contribution in [-0.2, 0) is 5.41 Å². The Morgan fingerprint density at radius 3 is 2.38 bits per heavy atom. The van der Waals surface area contributed by atoms with Gasteiger partial charge in [-0.15, -0.1) is 11.3 Å². The van der Waals surface area contributed by atoms with E-state index >= 15 is 0 Å². The molecule has 0 spiro atoms. The van der Waals surface area contributed by atoms with Crippen molar-refractivity contribution in [2.45, 2.75) is 46.1 Å². The second-order valence-electron chi connectivity index (χ2n) is 6.07. The summed E-state index contributed by atoms with van der Waals surface area (Å²) >= 11 is 13.8. The number of aromatic nitrogens is 2. The van der Waals surface area contributed by atoms with Crippen LogP contribution in [0, 0.1) is 6.92 Å². The van der Waals surface area contributed by atoms with E-state index in [-0.39, 0.29) is 11.5 Å². The van der Waals surface area contributed by atoms with Crippen LogP contribution in [-0.4, -0.2) is 9.97 Å². The maximum Gasteiger partial charge on any atom is 0.137 e. The zero-order valence-corrected chi connectivity index (χ0v) is 15.1. The molecule has 0 aromatic carbocycles. The second-order valence-corrected chi connectivity index (χ2v) is 8.17. The molecule has 0 aliphatic heterocycles. The van der Waals surface area contributed by atoms with Gasteiger partial charge in [0.1, 0.15) is 16.8 Å². The lowest BCUT2D eigenvalue weighted by atomic mass is 9.95. The van der Waals surface area contributed by atoms with Gasteiger partial charge in [-0.2, -0.15) is 0 Å². The number of thiophene rings is 1. The molecule has 0 fully saturated rings. The monoisotopic (exact) mass is 343 g/mol. The fourth-order valence-electron chi connectivity index (χ4n) is 1.80. The summed E-state index contributed by atoms with van der Waals surface area (Å²) in [4.78, 5) is 10.2. The van der Waals surface area contributed by atoms with Crippen molar-refractivity contribution in [1.82, 2.24) is 9.97 Å². The van der Waals surface area contributed by atoms with Crippen LogP contribution in [0.4, 0.5) is 5.82 Å². The van der Waals surface area contributed by atoms with Crippen molar-refractivity contribution in [3.8, 4) is 0 Å². The lowest BCUT2D eigenvalue weighted by Gasteiger charge is -2.21. The second kappa shape index (κ2) is 6.11. The van der Waals surface area contributed by atoms with Crippen LogP contribution in [0.3, 0.4) is 0 Å². The summed E-state index contributed by atoms with van der Waals surface area (Å²) < 4.78 is 0.784. The minimum absolute atomic E-state index is 0.111. The van der Waals surface area contributed by atoms with E-state index in [0.29, 0.717) is 5.15 Å². The molecule has 0 bridgehead atoms. The molecular weight excluding hydrogens is 325 g/mol. The molecule has 0 saturated heterocycles. The Labute approximate surface area is 139 Å². The molecule has 2 heterocycles. The normalized spacial score (nSPS) is 13.3. The molecule has 2 aromatic heterocycles. The fraction of sp³-hybridized carbons (Fsp3) is 0.467. The zero-order valence-electron chi connectivity index (χ0n) is 12.8. The molecule has 3 nitrogen and oxygen atoms in total. The van der Waals surface area contributed by atoms with Crippen molar-refractivity contribution in [2.24, 2.45) is 0 Å². The summed E-state index contributed by atoms with van der Waals surface area (Å²) in [5, 5.41) is 3.90. The molecule has 1 unspecified atom stereocenters. The van der Waals surface area contributed by atoms with Crippen LogP contribution in [0.25, 0.3) is 0 Å². The largest absolute Gasteiger partial charge is 0.362 e. The summed E-state index contributed by atoms with van der Waals surface area (Å²) in [5.74, 6) is 1.51. The highest BCUT2D eigenvalue weighted by atomic mass is 35.5. The van der Waals surface area contributed by atoms with E-state index in [9.17, 15) is 0 Å². The predicted molar refractivity (Wildman–Crippen MR) is 91.8 cm³/mol. The predicted octanol–water partition coefficient (Wildman–Crippen LogP) is 5.62. The molecule has 0 radical (unpaired) electrons. The summed E-state index contributed by atoms with van der Waals surface area (Å²) in [6.07, 6.45) is 0. The highest BCUT2D eigenvalue weighted by Crippen LogP contribution is 2.31. The van der Waals surface area contributed by atoms with Gasteiger partial charge in [-0.3, -0.25) is 0 Å². The Morgan fingerprint density at radius 1 is 1.19 bits per heavy atom. The molecule has 0 aliphatic carbocycles. The van der Waals surface area contributed by atoms with E-state index in [2.05, 4.69) is 43.0 Å². The zero-order chi connectivity index (χ0) is 15.8. The van der Waals surface area contributed by atoms with Crippen molar-refractivity contribution >= 4 is 40.4 Å². The number of anilines is 1. The van der Waals surface area contributed by atoms with Gasteiger partial charge in [0, 0.05) is 15.9 Å². The first-order chi connectivity index (χ1) is 9.68. The highest BCUT2D eigenvalue weighted by molar-refractivity contribution is 7.16. The molecule has 21 heavy (non-hydrogen) atoms. The molecule has 2 aromatic rings. The first kappa shape index (κ1) is 16.5. The van der Waals surface area contributed by atoms with Crippen molar-refractivity contribution in [1.29, 1.82) is 0 Å². The van der Waals surface area contributed by atoms with E-state index in [1.807, 2.05) is 19.1 Å². The SMILES string of the molecule is Cc1c(Cl)nc(C(C)(C)C)nc1NC(C)c1ccc(Cl)s1. The molecule has 6 heteroatoms. The third-order valence-corrected chi connectivity index (χ3v) is 4.91. The minimum atomic E-state index is -0.150. The number of rotatable bonds is 3. The Bertz CT molecular complexity index is 647. The number of nitrogens with one attached hydrogen (secondary N) is 1. The molecular formula is C15H19Cl2N3S. The van der Waals surface area contributed by atoms with Gasteiger partial charge in [0.2, 0.25) is 0 Å². The van der Waals surface area contributed by atoms with Crippen molar-refractivity contribution in [3.05, 3.63) is 37.9 Å². The van der Waals surface area contributed by atoms with Crippen molar-refractivity contribution < 1.29 is 0 Å². The van der Waals surface area contributed by atoms with Crippen LogP contribution in [0.5, 0.6) is 0 Å². The third-order valence-electron chi connectivity index (χ3n) is 3.13. The quantitative estimate of drug-likeness (QED) is 0.734. The average molecular weight is 344 g/mol. The van der Waals surface area contributed by atoms with Crippen LogP contribution in [0.15, 0.2) is 12.1 Å². The van der Waals surface area contributed by atoms with Crippen LogP contribution in [0.1, 0.15) is 50.0 Å². The summed E-state index contributed by atoms with van der Waals surface area (Å²) in [6, 6.07) is 4.04. The smallest absolute Gasteiger partial charge is 0.137 e. The Balaban J connectivity index is 2.33. The van der Waals surface area contributed by atoms with Gasteiger partial charge in [0.25, 0.3) is 0 Å². The summed E-state index contributed by atoms with van der Waals surface area (Å²) in [6.45, 7) is 10.2. The number of hydrogen-bond acceptors (Lipinski definition) is 4. The molecule has 0 amide bonds. The first-order valence-corrected chi connectivity index (χ1v) is 8.32. The van der Waals surface area contributed by atoms with Crippen LogP contribution in [0.2, 0.25) is 9.49 Å². The van der Waals surface area contributed by atoms with Crippen molar-refractivity contribution in [2.75, 3.05) is 5.32 Å². The number of hydrogen-bond donors (Lipinski definition) is 1. The maximum absolute atomic E-state index is 6.25. The third kappa shape index (κ3) is 3.87. The lowest BCUT2D eigenvalue weighted by molar-refractivity contribution is 0.545. The Morgan fingerprint density at radius 2 is 1.86 bits per heavy atom. The van der Waals surface area contributed by atoms with Gasteiger partial charge in [-0.05, 0) is 26.0 Å². The maximum atomic E-state index is 6.25. The topological polar surface area (TPSA) is 37.8 Å². The first-order valence-electron chi connectivity index (χ1n) is 6.75. The van der Waals surface area contributed by atoms with E-state index in [0.717, 1.165) is 26.4 Å². The number of halogens is 2. The molecule has 2 rings (SSSR count). The Kier molecular flexibility index (Phi) is 4.81. The van der Waals surface area contributed by atoms with Crippen LogP contribution >= 0.6 is 34.5 Å². The molecule has 114 valence electrons. The average Bonchev–Trinajstić information content (AvgIpc) is 2.80. The highest BCUT2D eigenvalue weighted by Gasteiger charge is 2.21. The fourth-order valence-corrected chi connectivity index (χ4v) is 3.04. The van der Waals surface area contributed by atoms with Gasteiger partial charge >= 0.3 is 0 Å². The summed E-state index contributed by atoms with van der Waals surface area (Å²) in [5.41, 5.74) is 0.711. The van der Waals surface area contributed by atoms with Gasteiger partial charge in [-0.25, -0.2) is 9.97 Å². The summed E-state index contributed by atoms with van der Waals surface area (Å²) in [7, 11) is 0. The molecule has 1 atom stereocenters. The molecule has 0 aliphatic rings. The minimum Gasteiger partial charge on any atom is -0.362 e. The van der Waals surface area contributed by atoms with Gasteiger partial charge in [0.05, 0.1) is 10.4 Å². The standard InChI is InChI=1S/C15H19Cl2N3S/c1-8-12(17)19-14(15(3,4)5)20-13(8)18-9(2)10-6-7-11(16)21-10/h6-7,9H,1-5H3,(H,18,19,20). The van der Waals surface area contributed by atoms with Gasteiger partial charge in [-0.1, -0.05) is 44.0 Å². The molecule has 0 saturated carbocycles. The molecule has 1 N–H and O–H groups in total. The Hall–Kier alpha value is -0.840. The number of nitrogens with zero attached hydrogens (tertiary/aromatic N) is 2. The van der Waals surface area contributed by atoms with E-state index in [4.69, 9.17) is 23.2 Å². The van der Waals surface area contributed by atoms with Crippen molar-refractivity contribution in [3.63, 3.8) is 0 Å². The van der Waals surface area contributed by atoms with E-state index in [1.165, 1.54) is 0 Å². The van der Waals surface area contributed by atoms with Gasteiger partial charge < -0.3 is 5.32 Å². The van der Waals surface area contributed by atoms with Crippen LogP contribution < -0.4 is 5.32 Å². The van der Waals surface area contributed by atoms with Gasteiger partial charge in [0.15, 0.2) is 0 Å².